The first kappa shape index (κ1) is 10.4. The Morgan fingerprint density at radius 1 is 1.46 bits per heavy atom. The van der Waals surface area contributed by atoms with Gasteiger partial charge in [-0.05, 0) is 19.3 Å². The average Bonchev–Trinajstić information content (AvgIpc) is 2.28. The number of hydrogen-bond acceptors (Lipinski definition) is 1. The second kappa shape index (κ2) is 3.24. The quantitative estimate of drug-likeness (QED) is 0.746. The number of rotatable bonds is 3. The Labute approximate surface area is 75.9 Å². The highest BCUT2D eigenvalue weighted by Crippen LogP contribution is 2.53. The van der Waals surface area contributed by atoms with Crippen LogP contribution in [0.4, 0.5) is 8.78 Å². The zero-order chi connectivity index (χ0) is 10.1. The highest BCUT2D eigenvalue weighted by Gasteiger charge is 2.61. The van der Waals surface area contributed by atoms with E-state index in [1.54, 1.807) is 6.92 Å². The van der Waals surface area contributed by atoms with E-state index >= 15 is 0 Å². The summed E-state index contributed by atoms with van der Waals surface area (Å²) in [6.07, 6.45) is 0.721. The smallest absolute Gasteiger partial charge is 0.315 e. The number of carboxylic acid groups (broad SMARTS) is 1. The maximum absolute atomic E-state index is 13.3. The van der Waals surface area contributed by atoms with Crippen molar-refractivity contribution in [3.63, 3.8) is 0 Å². The van der Waals surface area contributed by atoms with Crippen LogP contribution in [0.15, 0.2) is 0 Å². The summed E-state index contributed by atoms with van der Waals surface area (Å²) in [5, 5.41) is 8.85. The number of alkyl halides is 2. The standard InChI is InChI=1S/C9H14F2O2/c1-2-4-8(7(12)13)5-3-6-9(8,10)11/h2-6H2,1H3,(H,12,13). The predicted molar refractivity (Wildman–Crippen MR) is 43.8 cm³/mol. The molecule has 1 aliphatic rings. The monoisotopic (exact) mass is 192 g/mol. The van der Waals surface area contributed by atoms with Crippen molar-refractivity contribution in [2.24, 2.45) is 5.41 Å². The summed E-state index contributed by atoms with van der Waals surface area (Å²) in [4.78, 5) is 10.8. The number of carboxylic acids is 1. The molecule has 0 aromatic carbocycles. The summed E-state index contributed by atoms with van der Waals surface area (Å²) < 4.78 is 26.6. The third-order valence-corrected chi connectivity index (χ3v) is 2.88. The Kier molecular flexibility index (Phi) is 2.59. The van der Waals surface area contributed by atoms with Crippen LogP contribution in [-0.4, -0.2) is 17.0 Å². The highest BCUT2D eigenvalue weighted by atomic mass is 19.3. The Morgan fingerprint density at radius 2 is 2.08 bits per heavy atom. The van der Waals surface area contributed by atoms with Crippen LogP contribution in [0.25, 0.3) is 0 Å². The van der Waals surface area contributed by atoms with E-state index in [-0.39, 0.29) is 19.3 Å². The molecule has 0 amide bonds. The van der Waals surface area contributed by atoms with Crippen LogP contribution < -0.4 is 0 Å². The normalized spacial score (nSPS) is 31.9. The minimum Gasteiger partial charge on any atom is -0.481 e. The third-order valence-electron chi connectivity index (χ3n) is 2.88. The van der Waals surface area contributed by atoms with Crippen LogP contribution in [-0.2, 0) is 4.79 Å². The topological polar surface area (TPSA) is 37.3 Å². The lowest BCUT2D eigenvalue weighted by Crippen LogP contribution is -2.43. The van der Waals surface area contributed by atoms with E-state index < -0.39 is 17.3 Å². The largest absolute Gasteiger partial charge is 0.481 e. The molecule has 13 heavy (non-hydrogen) atoms. The van der Waals surface area contributed by atoms with Gasteiger partial charge in [-0.15, -0.1) is 0 Å². The molecule has 0 heterocycles. The predicted octanol–water partition coefficient (Wildman–Crippen LogP) is 2.68. The maximum Gasteiger partial charge on any atom is 0.315 e. The molecule has 1 aliphatic carbocycles. The first-order chi connectivity index (χ1) is 5.96. The van der Waals surface area contributed by atoms with Crippen LogP contribution in [0, 0.1) is 5.41 Å². The summed E-state index contributed by atoms with van der Waals surface area (Å²) in [5.41, 5.74) is -1.78. The number of hydrogen-bond donors (Lipinski definition) is 1. The van der Waals surface area contributed by atoms with Gasteiger partial charge in [-0.3, -0.25) is 4.79 Å². The second-order valence-corrected chi connectivity index (χ2v) is 3.70. The lowest BCUT2D eigenvalue weighted by molar-refractivity contribution is -0.173. The fourth-order valence-corrected chi connectivity index (χ4v) is 2.14. The molecule has 2 nitrogen and oxygen atoms in total. The summed E-state index contributed by atoms with van der Waals surface area (Å²) in [6.45, 7) is 1.74. The summed E-state index contributed by atoms with van der Waals surface area (Å²) in [6, 6.07) is 0. The van der Waals surface area contributed by atoms with E-state index in [1.807, 2.05) is 0 Å². The second-order valence-electron chi connectivity index (χ2n) is 3.70. The van der Waals surface area contributed by atoms with E-state index in [9.17, 15) is 13.6 Å². The van der Waals surface area contributed by atoms with Crippen LogP contribution in [0.3, 0.4) is 0 Å². The van der Waals surface area contributed by atoms with Gasteiger partial charge in [0.15, 0.2) is 0 Å². The molecule has 1 fully saturated rings. The fourth-order valence-electron chi connectivity index (χ4n) is 2.14. The molecule has 1 atom stereocenters. The van der Waals surface area contributed by atoms with Gasteiger partial charge in [0.05, 0.1) is 0 Å². The maximum atomic E-state index is 13.3. The van der Waals surface area contributed by atoms with Gasteiger partial charge in [0, 0.05) is 6.42 Å². The third kappa shape index (κ3) is 1.42. The van der Waals surface area contributed by atoms with Gasteiger partial charge < -0.3 is 5.11 Å². The first-order valence-electron chi connectivity index (χ1n) is 4.57. The van der Waals surface area contributed by atoms with E-state index in [1.165, 1.54) is 0 Å². The van der Waals surface area contributed by atoms with Gasteiger partial charge in [-0.1, -0.05) is 13.3 Å². The zero-order valence-corrected chi connectivity index (χ0v) is 7.65. The van der Waals surface area contributed by atoms with Crippen LogP contribution in [0.2, 0.25) is 0 Å². The van der Waals surface area contributed by atoms with Crippen molar-refractivity contribution in [1.29, 1.82) is 0 Å². The fraction of sp³-hybridized carbons (Fsp3) is 0.889. The van der Waals surface area contributed by atoms with E-state index in [2.05, 4.69) is 0 Å². The number of aliphatic carboxylic acids is 1. The molecule has 4 heteroatoms. The lowest BCUT2D eigenvalue weighted by Gasteiger charge is -2.30. The summed E-state index contributed by atoms with van der Waals surface area (Å²) >= 11 is 0. The Bertz CT molecular complexity index is 216. The van der Waals surface area contributed by atoms with Gasteiger partial charge in [0.2, 0.25) is 0 Å². The van der Waals surface area contributed by atoms with E-state index in [0.29, 0.717) is 12.8 Å². The number of carbonyl (C=O) groups is 1. The Balaban J connectivity index is 2.96. The van der Waals surface area contributed by atoms with Crippen molar-refractivity contribution < 1.29 is 18.7 Å². The number of halogens is 2. The molecular formula is C9H14F2O2. The molecule has 1 unspecified atom stereocenters. The van der Waals surface area contributed by atoms with Crippen LogP contribution >= 0.6 is 0 Å². The van der Waals surface area contributed by atoms with Crippen molar-refractivity contribution in [3.05, 3.63) is 0 Å². The highest BCUT2D eigenvalue weighted by molar-refractivity contribution is 5.76. The summed E-state index contributed by atoms with van der Waals surface area (Å²) in [5.74, 6) is -4.36. The molecular weight excluding hydrogens is 178 g/mol. The minimum atomic E-state index is -3.02. The van der Waals surface area contributed by atoms with Crippen molar-refractivity contribution in [2.45, 2.75) is 45.0 Å². The van der Waals surface area contributed by atoms with Crippen LogP contribution in [0.1, 0.15) is 39.0 Å². The molecule has 76 valence electrons. The van der Waals surface area contributed by atoms with Crippen molar-refractivity contribution in [2.75, 3.05) is 0 Å². The van der Waals surface area contributed by atoms with Crippen molar-refractivity contribution in [1.82, 2.24) is 0 Å². The minimum absolute atomic E-state index is 0.0787. The van der Waals surface area contributed by atoms with Gasteiger partial charge in [0.25, 0.3) is 5.92 Å². The molecule has 1 N–H and O–H groups in total. The molecule has 0 spiro atoms. The van der Waals surface area contributed by atoms with Crippen molar-refractivity contribution >= 4 is 5.97 Å². The SMILES string of the molecule is CCCC1(C(=O)O)CCCC1(F)F. The van der Waals surface area contributed by atoms with Gasteiger partial charge in [0.1, 0.15) is 5.41 Å². The first-order valence-corrected chi connectivity index (χ1v) is 4.57. The molecule has 0 aromatic rings. The molecule has 1 saturated carbocycles. The zero-order valence-electron chi connectivity index (χ0n) is 7.65. The Hall–Kier alpha value is -0.670. The Morgan fingerprint density at radius 3 is 2.38 bits per heavy atom. The molecule has 0 bridgehead atoms. The van der Waals surface area contributed by atoms with Crippen molar-refractivity contribution in [3.8, 4) is 0 Å². The summed E-state index contributed by atoms with van der Waals surface area (Å²) in [7, 11) is 0. The van der Waals surface area contributed by atoms with E-state index in [4.69, 9.17) is 5.11 Å². The van der Waals surface area contributed by atoms with Gasteiger partial charge in [-0.2, -0.15) is 0 Å². The average molecular weight is 192 g/mol. The van der Waals surface area contributed by atoms with Gasteiger partial charge >= 0.3 is 5.97 Å². The molecule has 0 aromatic heterocycles. The van der Waals surface area contributed by atoms with Gasteiger partial charge in [-0.25, -0.2) is 8.78 Å². The lowest BCUT2D eigenvalue weighted by atomic mass is 9.79. The molecule has 0 aliphatic heterocycles. The molecule has 0 saturated heterocycles. The molecule has 0 radical (unpaired) electrons. The van der Waals surface area contributed by atoms with Crippen LogP contribution in [0.5, 0.6) is 0 Å². The molecule has 1 rings (SSSR count). The van der Waals surface area contributed by atoms with E-state index in [0.717, 1.165) is 0 Å².